The maximum Gasteiger partial charge on any atom is 0.0234 e. The van der Waals surface area contributed by atoms with Crippen LogP contribution in [-0.2, 0) is 6.54 Å². The highest BCUT2D eigenvalue weighted by Crippen LogP contribution is 2.39. The van der Waals surface area contributed by atoms with Gasteiger partial charge in [-0.1, -0.05) is 37.3 Å². The Morgan fingerprint density at radius 1 is 1.35 bits per heavy atom. The van der Waals surface area contributed by atoms with E-state index in [9.17, 15) is 0 Å². The van der Waals surface area contributed by atoms with Crippen LogP contribution in [0.15, 0.2) is 30.3 Å². The molecule has 1 aromatic carbocycles. The molecular formula is C15H22N2. The van der Waals surface area contributed by atoms with E-state index in [4.69, 9.17) is 0 Å². The summed E-state index contributed by atoms with van der Waals surface area (Å²) in [5.41, 5.74) is 1.95. The maximum absolute atomic E-state index is 3.55. The van der Waals surface area contributed by atoms with Gasteiger partial charge in [0, 0.05) is 26.2 Å². The Labute approximate surface area is 104 Å². The molecule has 17 heavy (non-hydrogen) atoms. The van der Waals surface area contributed by atoms with Gasteiger partial charge < -0.3 is 5.32 Å². The van der Waals surface area contributed by atoms with E-state index in [1.54, 1.807) is 0 Å². The van der Waals surface area contributed by atoms with Gasteiger partial charge in [0.15, 0.2) is 0 Å². The van der Waals surface area contributed by atoms with Gasteiger partial charge in [-0.05, 0) is 29.9 Å². The van der Waals surface area contributed by atoms with E-state index in [-0.39, 0.29) is 0 Å². The fourth-order valence-corrected chi connectivity index (χ4v) is 3.49. The van der Waals surface area contributed by atoms with Gasteiger partial charge in [0.2, 0.25) is 0 Å². The molecule has 92 valence electrons. The number of nitrogens with zero attached hydrogens (tertiary/aromatic N) is 1. The molecule has 0 radical (unpaired) electrons. The Kier molecular flexibility index (Phi) is 2.93. The first-order valence-corrected chi connectivity index (χ1v) is 6.73. The van der Waals surface area contributed by atoms with Gasteiger partial charge in [0.1, 0.15) is 0 Å². The quantitative estimate of drug-likeness (QED) is 0.837. The number of hydrogen-bond donors (Lipinski definition) is 1. The molecule has 0 saturated carbocycles. The molecule has 0 aromatic heterocycles. The lowest BCUT2D eigenvalue weighted by molar-refractivity contribution is 0.188. The predicted molar refractivity (Wildman–Crippen MR) is 70.8 cm³/mol. The lowest BCUT2D eigenvalue weighted by atomic mass is 9.76. The van der Waals surface area contributed by atoms with Crippen LogP contribution in [0.3, 0.4) is 0 Å². The molecule has 1 aromatic rings. The van der Waals surface area contributed by atoms with Crippen LogP contribution in [0.2, 0.25) is 0 Å². The van der Waals surface area contributed by atoms with Crippen LogP contribution in [0.5, 0.6) is 0 Å². The first-order valence-electron chi connectivity index (χ1n) is 6.73. The minimum absolute atomic E-state index is 0.507. The smallest absolute Gasteiger partial charge is 0.0234 e. The van der Waals surface area contributed by atoms with Crippen molar-refractivity contribution in [2.45, 2.75) is 19.9 Å². The van der Waals surface area contributed by atoms with E-state index in [0.29, 0.717) is 5.41 Å². The summed E-state index contributed by atoms with van der Waals surface area (Å²) >= 11 is 0. The number of piperidine rings is 1. The van der Waals surface area contributed by atoms with Gasteiger partial charge in [-0.15, -0.1) is 0 Å². The zero-order chi connectivity index (χ0) is 11.7. The van der Waals surface area contributed by atoms with Gasteiger partial charge in [0.05, 0.1) is 0 Å². The molecule has 0 aliphatic carbocycles. The third kappa shape index (κ3) is 2.24. The van der Waals surface area contributed by atoms with E-state index >= 15 is 0 Å². The molecule has 0 spiro atoms. The van der Waals surface area contributed by atoms with Crippen LogP contribution in [0.4, 0.5) is 0 Å². The fourth-order valence-electron chi connectivity index (χ4n) is 3.49. The summed E-state index contributed by atoms with van der Waals surface area (Å²) in [6, 6.07) is 10.9. The lowest BCUT2D eigenvalue weighted by Gasteiger charge is -2.35. The summed E-state index contributed by atoms with van der Waals surface area (Å²) in [7, 11) is 0. The van der Waals surface area contributed by atoms with Crippen molar-refractivity contribution in [3.63, 3.8) is 0 Å². The third-order valence-corrected chi connectivity index (χ3v) is 4.50. The highest BCUT2D eigenvalue weighted by molar-refractivity contribution is 5.15. The molecular weight excluding hydrogens is 208 g/mol. The van der Waals surface area contributed by atoms with Crippen LogP contribution >= 0.6 is 0 Å². The number of hydrogen-bond acceptors (Lipinski definition) is 2. The summed E-state index contributed by atoms with van der Waals surface area (Å²) in [6.45, 7) is 8.51. The monoisotopic (exact) mass is 230 g/mol. The van der Waals surface area contributed by atoms with E-state index in [2.05, 4.69) is 47.5 Å². The highest BCUT2D eigenvalue weighted by Gasteiger charge is 2.43. The summed E-state index contributed by atoms with van der Waals surface area (Å²) in [4.78, 5) is 2.63. The zero-order valence-corrected chi connectivity index (χ0v) is 10.7. The second kappa shape index (κ2) is 4.43. The minimum Gasteiger partial charge on any atom is -0.316 e. The number of fused-ring (bicyclic) bond motifs is 1. The highest BCUT2D eigenvalue weighted by atomic mass is 15.2. The largest absolute Gasteiger partial charge is 0.316 e. The Balaban J connectivity index is 1.67. The lowest BCUT2D eigenvalue weighted by Crippen LogP contribution is -2.44. The number of likely N-dealkylation sites (tertiary alicyclic amines) is 1. The molecule has 2 atom stereocenters. The molecule has 2 heteroatoms. The first kappa shape index (κ1) is 11.2. The number of benzene rings is 1. The molecule has 0 unspecified atom stereocenters. The van der Waals surface area contributed by atoms with Crippen LogP contribution in [-0.4, -0.2) is 31.1 Å². The topological polar surface area (TPSA) is 15.3 Å². The van der Waals surface area contributed by atoms with E-state index in [1.807, 2.05) is 0 Å². The van der Waals surface area contributed by atoms with Crippen molar-refractivity contribution in [1.29, 1.82) is 0 Å². The molecule has 2 aliphatic heterocycles. The standard InChI is InChI=1S/C15H22N2/c1-15-11-16-8-7-14(15)10-17(12-15)9-13-5-3-2-4-6-13/h2-6,14,16H,7-12H2,1H3/t14-,15+/m1/s1. The van der Waals surface area contributed by atoms with Crippen LogP contribution < -0.4 is 5.32 Å². The normalized spacial score (nSPS) is 33.6. The molecule has 0 bridgehead atoms. The van der Waals surface area contributed by atoms with Crippen molar-refractivity contribution in [3.05, 3.63) is 35.9 Å². The molecule has 2 aliphatic rings. The summed E-state index contributed by atoms with van der Waals surface area (Å²) in [5.74, 6) is 0.896. The van der Waals surface area contributed by atoms with Crippen LogP contribution in [0.25, 0.3) is 0 Å². The summed E-state index contributed by atoms with van der Waals surface area (Å²) in [5, 5.41) is 3.55. The maximum atomic E-state index is 3.55. The second-order valence-electron chi connectivity index (χ2n) is 5.97. The molecule has 2 saturated heterocycles. The van der Waals surface area contributed by atoms with Crippen LogP contribution in [0, 0.1) is 11.3 Å². The van der Waals surface area contributed by atoms with Crippen molar-refractivity contribution in [2.24, 2.45) is 11.3 Å². The van der Waals surface area contributed by atoms with Gasteiger partial charge in [-0.2, -0.15) is 0 Å². The SMILES string of the molecule is C[C@@]12CNCC[C@@H]1CN(Cc1ccccc1)C2. The van der Waals surface area contributed by atoms with Crippen LogP contribution in [0.1, 0.15) is 18.9 Å². The van der Waals surface area contributed by atoms with Crippen molar-refractivity contribution in [1.82, 2.24) is 10.2 Å². The van der Waals surface area contributed by atoms with E-state index in [0.717, 1.165) is 12.5 Å². The Bertz CT molecular complexity index is 376. The van der Waals surface area contributed by atoms with Gasteiger partial charge in [0.25, 0.3) is 0 Å². The second-order valence-corrected chi connectivity index (χ2v) is 5.97. The number of nitrogens with one attached hydrogen (secondary N) is 1. The molecule has 1 N–H and O–H groups in total. The average Bonchev–Trinajstić information content (AvgIpc) is 2.66. The number of rotatable bonds is 2. The van der Waals surface area contributed by atoms with Crippen molar-refractivity contribution in [2.75, 3.05) is 26.2 Å². The average molecular weight is 230 g/mol. The van der Waals surface area contributed by atoms with Gasteiger partial charge >= 0.3 is 0 Å². The van der Waals surface area contributed by atoms with Crippen molar-refractivity contribution in [3.8, 4) is 0 Å². The molecule has 3 rings (SSSR count). The Morgan fingerprint density at radius 2 is 2.18 bits per heavy atom. The summed E-state index contributed by atoms with van der Waals surface area (Å²) in [6.07, 6.45) is 1.35. The fraction of sp³-hybridized carbons (Fsp3) is 0.600. The Hall–Kier alpha value is -0.860. The molecule has 2 fully saturated rings. The van der Waals surface area contributed by atoms with Gasteiger partial charge in [-0.25, -0.2) is 0 Å². The molecule has 2 nitrogen and oxygen atoms in total. The molecule has 0 amide bonds. The van der Waals surface area contributed by atoms with Crippen molar-refractivity contribution < 1.29 is 0 Å². The van der Waals surface area contributed by atoms with Gasteiger partial charge in [-0.3, -0.25) is 4.90 Å². The molecule has 2 heterocycles. The van der Waals surface area contributed by atoms with E-state index < -0.39 is 0 Å². The van der Waals surface area contributed by atoms with Crippen molar-refractivity contribution >= 4 is 0 Å². The third-order valence-electron chi connectivity index (χ3n) is 4.50. The predicted octanol–water partition coefficient (Wildman–Crippen LogP) is 2.12. The Morgan fingerprint density at radius 3 is 2.94 bits per heavy atom. The van der Waals surface area contributed by atoms with E-state index in [1.165, 1.54) is 38.2 Å². The first-order chi connectivity index (χ1) is 8.26. The zero-order valence-electron chi connectivity index (χ0n) is 10.7. The summed E-state index contributed by atoms with van der Waals surface area (Å²) < 4.78 is 0. The minimum atomic E-state index is 0.507.